The second-order valence-electron chi connectivity index (χ2n) is 5.13. The summed E-state index contributed by atoms with van der Waals surface area (Å²) in [5, 5.41) is 2.80. The molecule has 0 bridgehead atoms. The fraction of sp³-hybridized carbons (Fsp3) is 0.278. The van der Waals surface area contributed by atoms with Crippen LogP contribution in [0, 0.1) is 0 Å². The van der Waals surface area contributed by atoms with Crippen molar-refractivity contribution in [3.05, 3.63) is 48.0 Å². The van der Waals surface area contributed by atoms with Crippen molar-refractivity contribution in [1.82, 2.24) is 0 Å². The lowest BCUT2D eigenvalue weighted by molar-refractivity contribution is 0.102. The predicted molar refractivity (Wildman–Crippen MR) is 101 cm³/mol. The maximum Gasteiger partial charge on any atom is 0.255 e. The van der Waals surface area contributed by atoms with E-state index >= 15 is 0 Å². The van der Waals surface area contributed by atoms with Crippen molar-refractivity contribution in [3.63, 3.8) is 0 Å². The Morgan fingerprint density at radius 1 is 1.08 bits per heavy atom. The van der Waals surface area contributed by atoms with E-state index in [0.29, 0.717) is 35.9 Å². The molecule has 0 radical (unpaired) electrons. The molecule has 0 saturated carbocycles. The Kier molecular flexibility index (Phi) is 8.60. The molecule has 0 aliphatic carbocycles. The standard InChI is InChI=1S/C18H22N2O4.ClH/c1-22-10-3-11-24-15-7-4-13(5-8-15)18(21)20-14-6-9-17(23-2)16(19)12-14;/h4-9,12H,3,10-11,19H2,1-2H3,(H,20,21);1H. The topological polar surface area (TPSA) is 82.8 Å². The Bertz CT molecular complexity index is 677. The van der Waals surface area contributed by atoms with Gasteiger partial charge in [0.15, 0.2) is 0 Å². The summed E-state index contributed by atoms with van der Waals surface area (Å²) in [7, 11) is 3.20. The lowest BCUT2D eigenvalue weighted by Crippen LogP contribution is -2.12. The van der Waals surface area contributed by atoms with Crippen molar-refractivity contribution in [3.8, 4) is 11.5 Å². The van der Waals surface area contributed by atoms with Crippen LogP contribution in [0.25, 0.3) is 0 Å². The molecule has 0 saturated heterocycles. The number of nitrogen functional groups attached to an aromatic ring is 1. The van der Waals surface area contributed by atoms with E-state index in [1.807, 2.05) is 0 Å². The minimum atomic E-state index is -0.217. The number of nitrogens with one attached hydrogen (secondary N) is 1. The van der Waals surface area contributed by atoms with Crippen LogP contribution in [0.2, 0.25) is 0 Å². The average molecular weight is 367 g/mol. The first-order valence-corrected chi connectivity index (χ1v) is 7.60. The Labute approximate surface area is 153 Å². The van der Waals surface area contributed by atoms with E-state index < -0.39 is 0 Å². The van der Waals surface area contributed by atoms with Gasteiger partial charge >= 0.3 is 0 Å². The van der Waals surface area contributed by atoms with Crippen LogP contribution in [-0.2, 0) is 4.74 Å². The number of nitrogens with two attached hydrogens (primary N) is 1. The number of carbonyl (C=O) groups excluding carboxylic acids is 1. The van der Waals surface area contributed by atoms with E-state index in [4.69, 9.17) is 19.9 Å². The molecule has 136 valence electrons. The van der Waals surface area contributed by atoms with Crippen molar-refractivity contribution >= 4 is 29.7 Å². The van der Waals surface area contributed by atoms with E-state index in [1.54, 1.807) is 56.7 Å². The third-order valence-electron chi connectivity index (χ3n) is 3.37. The summed E-state index contributed by atoms with van der Waals surface area (Å²) in [5.41, 5.74) is 7.45. The van der Waals surface area contributed by atoms with Crippen LogP contribution in [0.4, 0.5) is 11.4 Å². The number of methoxy groups -OCH3 is 2. The summed E-state index contributed by atoms with van der Waals surface area (Å²) in [6.45, 7) is 1.23. The van der Waals surface area contributed by atoms with Crippen LogP contribution < -0.4 is 20.5 Å². The maximum absolute atomic E-state index is 12.2. The first kappa shape index (κ1) is 20.6. The van der Waals surface area contributed by atoms with E-state index in [9.17, 15) is 4.79 Å². The molecule has 2 rings (SSSR count). The van der Waals surface area contributed by atoms with Crippen LogP contribution in [0.1, 0.15) is 16.8 Å². The highest BCUT2D eigenvalue weighted by molar-refractivity contribution is 6.04. The number of amides is 1. The number of hydrogen-bond donors (Lipinski definition) is 2. The van der Waals surface area contributed by atoms with E-state index in [2.05, 4.69) is 5.32 Å². The molecule has 0 atom stereocenters. The quantitative estimate of drug-likeness (QED) is 0.553. The van der Waals surface area contributed by atoms with E-state index in [-0.39, 0.29) is 18.3 Å². The van der Waals surface area contributed by atoms with Gasteiger partial charge in [-0.3, -0.25) is 4.79 Å². The Morgan fingerprint density at radius 2 is 1.80 bits per heavy atom. The van der Waals surface area contributed by atoms with Gasteiger partial charge in [0, 0.05) is 31.4 Å². The summed E-state index contributed by atoms with van der Waals surface area (Å²) in [4.78, 5) is 12.2. The normalized spacial score (nSPS) is 9.84. The Morgan fingerprint density at radius 3 is 2.40 bits per heavy atom. The zero-order valence-electron chi connectivity index (χ0n) is 14.3. The lowest BCUT2D eigenvalue weighted by atomic mass is 10.2. The highest BCUT2D eigenvalue weighted by Gasteiger charge is 2.08. The van der Waals surface area contributed by atoms with Crippen LogP contribution in [0.5, 0.6) is 11.5 Å². The predicted octanol–water partition coefficient (Wildman–Crippen LogP) is 3.37. The fourth-order valence-corrected chi connectivity index (χ4v) is 2.11. The van der Waals surface area contributed by atoms with Crippen molar-refractivity contribution in [2.24, 2.45) is 0 Å². The van der Waals surface area contributed by atoms with Gasteiger partial charge in [-0.2, -0.15) is 0 Å². The number of hydrogen-bond acceptors (Lipinski definition) is 5. The molecule has 0 aromatic heterocycles. The van der Waals surface area contributed by atoms with Crippen molar-refractivity contribution in [1.29, 1.82) is 0 Å². The summed E-state index contributed by atoms with van der Waals surface area (Å²) in [6.07, 6.45) is 0.817. The molecule has 2 aromatic carbocycles. The lowest BCUT2D eigenvalue weighted by Gasteiger charge is -2.10. The highest BCUT2D eigenvalue weighted by Crippen LogP contribution is 2.25. The zero-order chi connectivity index (χ0) is 17.4. The fourth-order valence-electron chi connectivity index (χ4n) is 2.11. The van der Waals surface area contributed by atoms with Crippen molar-refractivity contribution in [2.75, 3.05) is 38.5 Å². The van der Waals surface area contributed by atoms with E-state index in [1.165, 1.54) is 0 Å². The number of halogens is 1. The summed E-state index contributed by atoms with van der Waals surface area (Å²) in [5.74, 6) is 1.07. The summed E-state index contributed by atoms with van der Waals surface area (Å²) < 4.78 is 15.6. The number of rotatable bonds is 8. The number of carbonyl (C=O) groups is 1. The molecule has 0 unspecified atom stereocenters. The Hall–Kier alpha value is -2.44. The van der Waals surface area contributed by atoms with E-state index in [0.717, 1.165) is 12.2 Å². The largest absolute Gasteiger partial charge is 0.495 e. The smallest absolute Gasteiger partial charge is 0.255 e. The van der Waals surface area contributed by atoms with Gasteiger partial charge in [-0.25, -0.2) is 0 Å². The number of ether oxygens (including phenoxy) is 3. The molecule has 0 fully saturated rings. The van der Waals surface area contributed by atoms with Crippen molar-refractivity contribution < 1.29 is 19.0 Å². The molecule has 2 aromatic rings. The maximum atomic E-state index is 12.2. The molecule has 0 aliphatic heterocycles. The average Bonchev–Trinajstić information content (AvgIpc) is 2.59. The van der Waals surface area contributed by atoms with Gasteiger partial charge in [-0.15, -0.1) is 12.4 Å². The van der Waals surface area contributed by atoms with Gasteiger partial charge in [0.2, 0.25) is 0 Å². The molecule has 7 heteroatoms. The van der Waals surface area contributed by atoms with Crippen LogP contribution in [0.3, 0.4) is 0 Å². The zero-order valence-corrected chi connectivity index (χ0v) is 15.1. The molecular formula is C18H23ClN2O4. The minimum absolute atomic E-state index is 0. The molecule has 3 N–H and O–H groups in total. The third-order valence-corrected chi connectivity index (χ3v) is 3.37. The highest BCUT2D eigenvalue weighted by atomic mass is 35.5. The van der Waals surface area contributed by atoms with Crippen LogP contribution in [0.15, 0.2) is 42.5 Å². The third kappa shape index (κ3) is 6.17. The van der Waals surface area contributed by atoms with Crippen LogP contribution >= 0.6 is 12.4 Å². The SMILES string of the molecule is COCCCOc1ccc(C(=O)Nc2ccc(OC)c(N)c2)cc1.Cl. The molecule has 6 nitrogen and oxygen atoms in total. The van der Waals surface area contributed by atoms with Gasteiger partial charge < -0.3 is 25.3 Å². The monoisotopic (exact) mass is 366 g/mol. The minimum Gasteiger partial charge on any atom is -0.495 e. The van der Waals surface area contributed by atoms with Gasteiger partial charge in [-0.05, 0) is 42.5 Å². The number of anilines is 2. The Balaban J connectivity index is 0.00000312. The molecule has 0 aliphatic rings. The first-order valence-electron chi connectivity index (χ1n) is 7.60. The summed E-state index contributed by atoms with van der Waals surface area (Å²) >= 11 is 0. The molecule has 25 heavy (non-hydrogen) atoms. The second-order valence-corrected chi connectivity index (χ2v) is 5.13. The first-order chi connectivity index (χ1) is 11.6. The van der Waals surface area contributed by atoms with Crippen molar-refractivity contribution in [2.45, 2.75) is 6.42 Å². The second kappa shape index (κ2) is 10.4. The molecular weight excluding hydrogens is 344 g/mol. The van der Waals surface area contributed by atoms with Gasteiger partial charge in [-0.1, -0.05) is 0 Å². The molecule has 0 heterocycles. The van der Waals surface area contributed by atoms with Gasteiger partial charge in [0.1, 0.15) is 11.5 Å². The number of benzene rings is 2. The van der Waals surface area contributed by atoms with Gasteiger partial charge in [0.25, 0.3) is 5.91 Å². The van der Waals surface area contributed by atoms with Crippen LogP contribution in [-0.4, -0.2) is 33.3 Å². The summed E-state index contributed by atoms with van der Waals surface area (Å²) in [6, 6.07) is 12.1. The molecule has 1 amide bonds. The van der Waals surface area contributed by atoms with Gasteiger partial charge in [0.05, 0.1) is 19.4 Å². The molecule has 0 spiro atoms.